The van der Waals surface area contributed by atoms with E-state index in [0.717, 1.165) is 13.1 Å². The standard InChI is InChI=1S/C15H20N2O5.ClH/c1-21-15(20)12-3-2-11(10-13(12)18)16-14(19)4-5-17-6-8-22-9-7-17;/h2-3,10,18H,4-9H2,1H3,(H,16,19);1H. The molecule has 0 saturated carbocycles. The van der Waals surface area contributed by atoms with Crippen molar-refractivity contribution in [2.45, 2.75) is 6.42 Å². The number of carbonyl (C=O) groups is 2. The summed E-state index contributed by atoms with van der Waals surface area (Å²) in [6.45, 7) is 3.74. The number of hydrogen-bond donors (Lipinski definition) is 2. The van der Waals surface area contributed by atoms with E-state index < -0.39 is 5.97 Å². The molecule has 1 heterocycles. The van der Waals surface area contributed by atoms with Gasteiger partial charge in [0.25, 0.3) is 0 Å². The van der Waals surface area contributed by atoms with Crippen LogP contribution in [0.25, 0.3) is 0 Å². The molecule has 0 radical (unpaired) electrons. The third-order valence-corrected chi connectivity index (χ3v) is 3.45. The lowest BCUT2D eigenvalue weighted by Crippen LogP contribution is -2.38. The minimum atomic E-state index is -0.623. The molecule has 1 saturated heterocycles. The zero-order valence-electron chi connectivity index (χ0n) is 12.9. The first-order valence-corrected chi connectivity index (χ1v) is 7.11. The highest BCUT2D eigenvalue weighted by atomic mass is 35.5. The van der Waals surface area contributed by atoms with Gasteiger partial charge in [0.2, 0.25) is 5.91 Å². The number of methoxy groups -OCH3 is 1. The number of morpholine rings is 1. The first-order valence-electron chi connectivity index (χ1n) is 7.11. The molecule has 1 aliphatic heterocycles. The number of anilines is 1. The highest BCUT2D eigenvalue weighted by Crippen LogP contribution is 2.22. The molecular formula is C15H21ClN2O5. The molecule has 2 N–H and O–H groups in total. The van der Waals surface area contributed by atoms with Crippen LogP contribution in [-0.2, 0) is 14.3 Å². The largest absolute Gasteiger partial charge is 0.507 e. The average Bonchev–Trinajstić information content (AvgIpc) is 2.53. The van der Waals surface area contributed by atoms with Gasteiger partial charge in [0, 0.05) is 37.8 Å². The molecule has 2 rings (SSSR count). The van der Waals surface area contributed by atoms with Crippen molar-refractivity contribution in [2.24, 2.45) is 0 Å². The van der Waals surface area contributed by atoms with Crippen molar-refractivity contribution in [3.8, 4) is 5.75 Å². The van der Waals surface area contributed by atoms with Gasteiger partial charge < -0.3 is 19.9 Å². The van der Waals surface area contributed by atoms with Gasteiger partial charge in [0.1, 0.15) is 11.3 Å². The van der Waals surface area contributed by atoms with Crippen LogP contribution in [0.3, 0.4) is 0 Å². The number of esters is 1. The number of hydrogen-bond acceptors (Lipinski definition) is 6. The van der Waals surface area contributed by atoms with Crippen LogP contribution < -0.4 is 5.32 Å². The maximum atomic E-state index is 11.9. The number of nitrogens with zero attached hydrogens (tertiary/aromatic N) is 1. The van der Waals surface area contributed by atoms with Crippen LogP contribution in [0.4, 0.5) is 5.69 Å². The predicted octanol–water partition coefficient (Wildman–Crippen LogP) is 1.26. The molecule has 1 aromatic carbocycles. The Morgan fingerprint density at radius 1 is 1.35 bits per heavy atom. The van der Waals surface area contributed by atoms with Crippen molar-refractivity contribution in [1.29, 1.82) is 0 Å². The average molecular weight is 345 g/mol. The van der Waals surface area contributed by atoms with Gasteiger partial charge in [0.05, 0.1) is 20.3 Å². The molecule has 0 spiro atoms. The van der Waals surface area contributed by atoms with Gasteiger partial charge in [-0.25, -0.2) is 4.79 Å². The van der Waals surface area contributed by atoms with Crippen LogP contribution in [0.5, 0.6) is 5.75 Å². The molecule has 128 valence electrons. The molecule has 0 atom stereocenters. The minimum absolute atomic E-state index is 0. The summed E-state index contributed by atoms with van der Waals surface area (Å²) in [6.07, 6.45) is 0.361. The Morgan fingerprint density at radius 3 is 2.65 bits per heavy atom. The lowest BCUT2D eigenvalue weighted by Gasteiger charge is -2.26. The second-order valence-electron chi connectivity index (χ2n) is 4.98. The predicted molar refractivity (Wildman–Crippen MR) is 87.2 cm³/mol. The Labute approximate surface area is 141 Å². The van der Waals surface area contributed by atoms with Gasteiger partial charge in [0.15, 0.2) is 0 Å². The molecular weight excluding hydrogens is 324 g/mol. The van der Waals surface area contributed by atoms with Gasteiger partial charge in [-0.2, -0.15) is 0 Å². The maximum absolute atomic E-state index is 11.9. The first kappa shape index (κ1) is 19.2. The number of rotatable bonds is 5. The number of halogens is 1. The summed E-state index contributed by atoms with van der Waals surface area (Å²) >= 11 is 0. The fraction of sp³-hybridized carbons (Fsp3) is 0.467. The monoisotopic (exact) mass is 344 g/mol. The van der Waals surface area contributed by atoms with E-state index in [-0.39, 0.29) is 29.6 Å². The van der Waals surface area contributed by atoms with E-state index in [1.165, 1.54) is 19.2 Å². The quantitative estimate of drug-likeness (QED) is 0.782. The molecule has 0 unspecified atom stereocenters. The van der Waals surface area contributed by atoms with E-state index in [4.69, 9.17) is 4.74 Å². The van der Waals surface area contributed by atoms with Crippen LogP contribution >= 0.6 is 12.4 Å². The third-order valence-electron chi connectivity index (χ3n) is 3.45. The lowest BCUT2D eigenvalue weighted by molar-refractivity contribution is -0.116. The van der Waals surface area contributed by atoms with E-state index in [2.05, 4.69) is 15.0 Å². The summed E-state index contributed by atoms with van der Waals surface area (Å²) < 4.78 is 9.79. The number of benzene rings is 1. The Bertz CT molecular complexity index is 547. The number of nitrogens with one attached hydrogen (secondary N) is 1. The molecule has 1 aliphatic rings. The van der Waals surface area contributed by atoms with Crippen molar-refractivity contribution in [2.75, 3.05) is 45.3 Å². The number of ether oxygens (including phenoxy) is 2. The smallest absolute Gasteiger partial charge is 0.341 e. The highest BCUT2D eigenvalue weighted by molar-refractivity contribution is 5.95. The molecule has 0 aromatic heterocycles. The summed E-state index contributed by atoms with van der Waals surface area (Å²) in [5, 5.41) is 12.5. The van der Waals surface area contributed by atoms with Crippen molar-refractivity contribution < 1.29 is 24.2 Å². The number of phenolic OH excluding ortho intramolecular Hbond substituents is 1. The molecule has 23 heavy (non-hydrogen) atoms. The fourth-order valence-corrected chi connectivity index (χ4v) is 2.20. The van der Waals surface area contributed by atoms with Crippen LogP contribution in [0, 0.1) is 0 Å². The van der Waals surface area contributed by atoms with Gasteiger partial charge in [-0.1, -0.05) is 0 Å². The van der Waals surface area contributed by atoms with Crippen LogP contribution in [0.15, 0.2) is 18.2 Å². The second kappa shape index (κ2) is 9.34. The van der Waals surface area contributed by atoms with E-state index in [1.807, 2.05) is 0 Å². The number of aromatic hydroxyl groups is 1. The van der Waals surface area contributed by atoms with Gasteiger partial charge in [-0.3, -0.25) is 9.69 Å². The normalized spacial score (nSPS) is 14.7. The SMILES string of the molecule is COC(=O)c1ccc(NC(=O)CCN2CCOCC2)cc1O.Cl. The molecule has 8 heteroatoms. The van der Waals surface area contributed by atoms with E-state index >= 15 is 0 Å². The van der Waals surface area contributed by atoms with Crippen LogP contribution in [-0.4, -0.2) is 61.8 Å². The van der Waals surface area contributed by atoms with E-state index in [9.17, 15) is 14.7 Å². The number of phenols is 1. The van der Waals surface area contributed by atoms with Gasteiger partial charge >= 0.3 is 5.97 Å². The summed E-state index contributed by atoms with van der Waals surface area (Å²) in [5.74, 6) is -0.989. The van der Waals surface area contributed by atoms with Gasteiger partial charge in [-0.15, -0.1) is 12.4 Å². The summed E-state index contributed by atoms with van der Waals surface area (Å²) in [5.41, 5.74) is 0.506. The zero-order chi connectivity index (χ0) is 15.9. The van der Waals surface area contributed by atoms with Crippen molar-refractivity contribution in [3.05, 3.63) is 23.8 Å². The molecule has 0 aliphatic carbocycles. The van der Waals surface area contributed by atoms with Gasteiger partial charge in [-0.05, 0) is 12.1 Å². The molecule has 1 amide bonds. The summed E-state index contributed by atoms with van der Waals surface area (Å²) in [7, 11) is 1.24. The van der Waals surface area contributed by atoms with Crippen molar-refractivity contribution in [3.63, 3.8) is 0 Å². The number of amides is 1. The van der Waals surface area contributed by atoms with Crippen LogP contribution in [0.1, 0.15) is 16.8 Å². The maximum Gasteiger partial charge on any atom is 0.341 e. The lowest BCUT2D eigenvalue weighted by atomic mass is 10.2. The summed E-state index contributed by atoms with van der Waals surface area (Å²) in [6, 6.07) is 4.30. The molecule has 7 nitrogen and oxygen atoms in total. The van der Waals surface area contributed by atoms with E-state index in [1.54, 1.807) is 6.07 Å². The summed E-state index contributed by atoms with van der Waals surface area (Å²) in [4.78, 5) is 25.4. The second-order valence-corrected chi connectivity index (χ2v) is 4.98. The molecule has 1 fully saturated rings. The third kappa shape index (κ3) is 5.70. The van der Waals surface area contributed by atoms with Crippen LogP contribution in [0.2, 0.25) is 0 Å². The van der Waals surface area contributed by atoms with E-state index in [0.29, 0.717) is 31.9 Å². The molecule has 0 bridgehead atoms. The Kier molecular flexibility index (Phi) is 7.80. The molecule has 1 aromatic rings. The van der Waals surface area contributed by atoms with Crippen molar-refractivity contribution in [1.82, 2.24) is 4.90 Å². The topological polar surface area (TPSA) is 88.1 Å². The zero-order valence-corrected chi connectivity index (χ0v) is 13.7. The highest BCUT2D eigenvalue weighted by Gasteiger charge is 2.14. The van der Waals surface area contributed by atoms with Crippen molar-refractivity contribution >= 4 is 30.0 Å². The number of carbonyl (C=O) groups excluding carboxylic acids is 2. The fourth-order valence-electron chi connectivity index (χ4n) is 2.20. The Balaban J connectivity index is 0.00000264. The minimum Gasteiger partial charge on any atom is -0.507 e. The Hall–Kier alpha value is -1.83. The first-order chi connectivity index (χ1) is 10.6. The Morgan fingerprint density at radius 2 is 2.04 bits per heavy atom.